The molecular weight excluding hydrogens is 314 g/mol. The molecule has 0 aliphatic heterocycles. The fourth-order valence-electron chi connectivity index (χ4n) is 6.66. The van der Waals surface area contributed by atoms with Gasteiger partial charge >= 0.3 is 5.97 Å². The zero-order valence-corrected chi connectivity index (χ0v) is 15.6. The van der Waals surface area contributed by atoms with Crippen molar-refractivity contribution in [2.45, 2.75) is 65.0 Å². The Morgan fingerprint density at radius 2 is 2.04 bits per heavy atom. The van der Waals surface area contributed by atoms with Gasteiger partial charge in [-0.05, 0) is 73.7 Å². The van der Waals surface area contributed by atoms with Gasteiger partial charge in [0.25, 0.3) is 0 Å². The zero-order valence-electron chi connectivity index (χ0n) is 15.6. The van der Waals surface area contributed by atoms with Gasteiger partial charge in [0, 0.05) is 12.3 Å². The summed E-state index contributed by atoms with van der Waals surface area (Å²) in [5, 5.41) is 11.1. The van der Waals surface area contributed by atoms with Crippen molar-refractivity contribution in [1.29, 1.82) is 0 Å². The number of rotatable bonds is 1. The van der Waals surface area contributed by atoms with Crippen molar-refractivity contribution >= 4 is 5.97 Å². The third-order valence-electron chi connectivity index (χ3n) is 8.21. The van der Waals surface area contributed by atoms with E-state index < -0.39 is 17.1 Å². The average Bonchev–Trinajstić information content (AvgIpc) is 2.74. The number of fused-ring (bicyclic) bond motifs is 5. The Morgan fingerprint density at radius 1 is 1.28 bits per heavy atom. The van der Waals surface area contributed by atoms with Crippen LogP contribution in [-0.4, -0.2) is 16.8 Å². The topological polar surface area (TPSA) is 72.5 Å². The molecule has 0 bridgehead atoms. The molecule has 0 aromatic heterocycles. The zero-order chi connectivity index (χ0) is 18.0. The number of aliphatic hydroxyl groups is 1. The van der Waals surface area contributed by atoms with Gasteiger partial charge in [0.1, 0.15) is 0 Å². The highest BCUT2D eigenvalue weighted by atomic mass is 16.6. The van der Waals surface area contributed by atoms with Crippen LogP contribution in [0.25, 0.3) is 0 Å². The van der Waals surface area contributed by atoms with Crippen molar-refractivity contribution in [2.75, 3.05) is 0 Å². The van der Waals surface area contributed by atoms with Gasteiger partial charge in [-0.2, -0.15) is 0 Å². The van der Waals surface area contributed by atoms with Gasteiger partial charge in [-0.15, -0.1) is 0 Å². The van der Waals surface area contributed by atoms with Crippen molar-refractivity contribution in [3.05, 3.63) is 24.0 Å². The summed E-state index contributed by atoms with van der Waals surface area (Å²) in [4.78, 5) is 11.5. The van der Waals surface area contributed by atoms with Gasteiger partial charge in [0.2, 0.25) is 0 Å². The Balaban J connectivity index is 1.71. The predicted molar refractivity (Wildman–Crippen MR) is 96.0 cm³/mol. The lowest BCUT2D eigenvalue weighted by Crippen LogP contribution is -2.60. The standard InChI is InChI=1S/C21H31NO3/c1-13(23)25-18-12-17-15-8-7-14-6-4-5-10-19(14,2)16(15)9-11-20(17,3)21(18,22)24/h5,10,12,14-17,24H,4,6-9,11,22H2,1-3H3/t14?,15-,16-,17+,19+,20+,21?/m1/s1. The van der Waals surface area contributed by atoms with E-state index in [1.165, 1.54) is 32.6 Å². The van der Waals surface area contributed by atoms with Crippen LogP contribution in [0.1, 0.15) is 59.3 Å². The number of nitrogens with two attached hydrogens (primary N) is 1. The molecule has 0 aromatic carbocycles. The van der Waals surface area contributed by atoms with E-state index in [2.05, 4.69) is 26.0 Å². The first kappa shape index (κ1) is 17.3. The van der Waals surface area contributed by atoms with Crippen LogP contribution in [0.5, 0.6) is 0 Å². The molecule has 4 heteroatoms. The van der Waals surface area contributed by atoms with Gasteiger partial charge in [-0.1, -0.05) is 26.0 Å². The van der Waals surface area contributed by atoms with E-state index in [1.54, 1.807) is 0 Å². The fraction of sp³-hybridized carbons (Fsp3) is 0.762. The number of allylic oxidation sites excluding steroid dienone is 3. The Morgan fingerprint density at radius 3 is 2.76 bits per heavy atom. The van der Waals surface area contributed by atoms with Gasteiger partial charge in [0.15, 0.2) is 11.5 Å². The Bertz CT molecular complexity index is 652. The minimum Gasteiger partial charge on any atom is -0.427 e. The Hall–Kier alpha value is -1.13. The highest BCUT2D eigenvalue weighted by Gasteiger charge is 2.64. The number of esters is 1. The van der Waals surface area contributed by atoms with Crippen LogP contribution in [0.3, 0.4) is 0 Å². The molecule has 0 saturated heterocycles. The van der Waals surface area contributed by atoms with E-state index in [1.807, 2.05) is 6.08 Å². The molecule has 0 spiro atoms. The lowest BCUT2D eigenvalue weighted by atomic mass is 9.46. The molecule has 7 atom stereocenters. The normalized spacial score (nSPS) is 51.2. The van der Waals surface area contributed by atoms with Gasteiger partial charge in [0.05, 0.1) is 0 Å². The summed E-state index contributed by atoms with van der Waals surface area (Å²) in [6.45, 7) is 5.88. The van der Waals surface area contributed by atoms with Crippen LogP contribution in [0.4, 0.5) is 0 Å². The van der Waals surface area contributed by atoms with Crippen molar-refractivity contribution in [2.24, 2.45) is 40.2 Å². The van der Waals surface area contributed by atoms with Crippen molar-refractivity contribution in [1.82, 2.24) is 0 Å². The molecule has 2 saturated carbocycles. The predicted octanol–water partition coefficient (Wildman–Crippen LogP) is 3.51. The molecule has 4 aliphatic rings. The summed E-state index contributed by atoms with van der Waals surface area (Å²) in [5.74, 6) is 1.90. The summed E-state index contributed by atoms with van der Waals surface area (Å²) in [6.07, 6.45) is 13.7. The first-order valence-corrected chi connectivity index (χ1v) is 9.80. The summed E-state index contributed by atoms with van der Waals surface area (Å²) in [6, 6.07) is 0. The van der Waals surface area contributed by atoms with Gasteiger partial charge in [-0.25, -0.2) is 0 Å². The van der Waals surface area contributed by atoms with Crippen LogP contribution < -0.4 is 5.73 Å². The quantitative estimate of drug-likeness (QED) is 0.433. The molecule has 4 nitrogen and oxygen atoms in total. The second kappa shape index (κ2) is 5.43. The van der Waals surface area contributed by atoms with Crippen molar-refractivity contribution < 1.29 is 14.6 Å². The molecule has 3 N–H and O–H groups in total. The molecule has 0 radical (unpaired) electrons. The van der Waals surface area contributed by atoms with Crippen LogP contribution in [0.15, 0.2) is 24.0 Å². The maximum Gasteiger partial charge on any atom is 0.307 e. The van der Waals surface area contributed by atoms with E-state index in [0.29, 0.717) is 11.8 Å². The highest BCUT2D eigenvalue weighted by Crippen LogP contribution is 2.66. The Kier molecular flexibility index (Phi) is 3.76. The van der Waals surface area contributed by atoms with Gasteiger partial charge in [-0.3, -0.25) is 10.5 Å². The largest absolute Gasteiger partial charge is 0.427 e. The second-order valence-corrected chi connectivity index (χ2v) is 9.26. The number of hydrogen-bond donors (Lipinski definition) is 2. The molecule has 0 heterocycles. The first-order valence-electron chi connectivity index (χ1n) is 9.80. The molecule has 25 heavy (non-hydrogen) atoms. The molecule has 4 aliphatic carbocycles. The van der Waals surface area contributed by atoms with Crippen molar-refractivity contribution in [3.63, 3.8) is 0 Å². The molecule has 2 fully saturated rings. The van der Waals surface area contributed by atoms with E-state index in [4.69, 9.17) is 10.5 Å². The van der Waals surface area contributed by atoms with Crippen LogP contribution in [-0.2, 0) is 9.53 Å². The number of ether oxygens (including phenoxy) is 1. The van der Waals surface area contributed by atoms with Gasteiger partial charge < -0.3 is 9.84 Å². The minimum atomic E-state index is -1.56. The van der Waals surface area contributed by atoms with E-state index in [-0.39, 0.29) is 17.1 Å². The number of carbonyl (C=O) groups is 1. The van der Waals surface area contributed by atoms with Crippen molar-refractivity contribution in [3.8, 4) is 0 Å². The summed E-state index contributed by atoms with van der Waals surface area (Å²) in [5.41, 5.74) is 4.58. The minimum absolute atomic E-state index is 0.170. The van der Waals surface area contributed by atoms with E-state index in [9.17, 15) is 9.90 Å². The maximum atomic E-state index is 11.5. The van der Waals surface area contributed by atoms with Crippen LogP contribution >= 0.6 is 0 Å². The lowest BCUT2D eigenvalue weighted by molar-refractivity contribution is -0.154. The first-order chi connectivity index (χ1) is 11.7. The molecule has 0 aromatic rings. The molecule has 4 rings (SSSR count). The average molecular weight is 345 g/mol. The summed E-state index contributed by atoms with van der Waals surface area (Å²) < 4.78 is 5.33. The Labute approximate surface area is 150 Å². The summed E-state index contributed by atoms with van der Waals surface area (Å²) >= 11 is 0. The molecule has 2 unspecified atom stereocenters. The molecule has 0 amide bonds. The van der Waals surface area contributed by atoms with E-state index in [0.717, 1.165) is 18.8 Å². The smallest absolute Gasteiger partial charge is 0.307 e. The monoisotopic (exact) mass is 345 g/mol. The molecular formula is C21H31NO3. The fourth-order valence-corrected chi connectivity index (χ4v) is 6.66. The third kappa shape index (κ3) is 2.23. The lowest BCUT2D eigenvalue weighted by Gasteiger charge is -2.59. The number of carbonyl (C=O) groups excluding carboxylic acids is 1. The summed E-state index contributed by atoms with van der Waals surface area (Å²) in [7, 11) is 0. The van der Waals surface area contributed by atoms with Crippen LogP contribution in [0, 0.1) is 34.5 Å². The third-order valence-corrected chi connectivity index (χ3v) is 8.21. The maximum absolute atomic E-state index is 11.5. The van der Waals surface area contributed by atoms with E-state index >= 15 is 0 Å². The second-order valence-electron chi connectivity index (χ2n) is 9.26. The molecule has 138 valence electrons. The highest BCUT2D eigenvalue weighted by molar-refractivity contribution is 5.68. The SMILES string of the molecule is CC(=O)OC1=C[C@H]2[C@@H]3CCC4CCC=C[C@]4(C)[C@@H]3CC[C@]2(C)C1(N)O. The van der Waals surface area contributed by atoms with Crippen LogP contribution in [0.2, 0.25) is 0 Å². The number of hydrogen-bond acceptors (Lipinski definition) is 4.